The molecular formula is C22H20N2OS. The summed E-state index contributed by atoms with van der Waals surface area (Å²) >= 11 is 1.68. The maximum Gasteiger partial charge on any atom is 0.248 e. The molecule has 0 bridgehead atoms. The number of benzene rings is 2. The number of aryl methyl sites for hydroxylation is 3. The number of aromatic nitrogens is 2. The molecule has 0 aliphatic heterocycles. The Bertz CT molecular complexity index is 1190. The van der Waals surface area contributed by atoms with E-state index in [0.29, 0.717) is 5.75 Å². The van der Waals surface area contributed by atoms with Crippen molar-refractivity contribution in [1.82, 2.24) is 9.97 Å². The maximum atomic E-state index is 11.9. The highest BCUT2D eigenvalue weighted by Gasteiger charge is 2.09. The lowest BCUT2D eigenvalue weighted by Crippen LogP contribution is -2.06. The summed E-state index contributed by atoms with van der Waals surface area (Å²) in [6.07, 6.45) is 0. The van der Waals surface area contributed by atoms with Crippen molar-refractivity contribution >= 4 is 33.6 Å². The first-order chi connectivity index (χ1) is 12.5. The van der Waals surface area contributed by atoms with Gasteiger partial charge in [0, 0.05) is 28.1 Å². The molecule has 0 atom stereocenters. The Morgan fingerprint density at radius 3 is 2.62 bits per heavy atom. The minimum absolute atomic E-state index is 0.0616. The second-order valence-corrected chi connectivity index (χ2v) is 7.67. The summed E-state index contributed by atoms with van der Waals surface area (Å²) in [4.78, 5) is 19.7. The zero-order valence-corrected chi connectivity index (χ0v) is 15.9. The fourth-order valence-corrected chi connectivity index (χ4v) is 4.25. The van der Waals surface area contributed by atoms with Crippen LogP contribution in [0.25, 0.3) is 21.8 Å². The highest BCUT2D eigenvalue weighted by atomic mass is 32.2. The number of para-hydroxylation sites is 1. The van der Waals surface area contributed by atoms with Gasteiger partial charge in [-0.3, -0.25) is 4.79 Å². The van der Waals surface area contributed by atoms with Gasteiger partial charge in [-0.15, -0.1) is 11.8 Å². The van der Waals surface area contributed by atoms with Crippen molar-refractivity contribution in [2.75, 3.05) is 0 Å². The van der Waals surface area contributed by atoms with Crippen LogP contribution in [0, 0.1) is 20.8 Å². The van der Waals surface area contributed by atoms with Gasteiger partial charge in [0.2, 0.25) is 5.56 Å². The molecule has 26 heavy (non-hydrogen) atoms. The molecule has 2 aromatic carbocycles. The summed E-state index contributed by atoms with van der Waals surface area (Å²) in [5.74, 6) is 0.716. The molecule has 0 aliphatic carbocycles. The maximum absolute atomic E-state index is 11.9. The lowest BCUT2D eigenvalue weighted by Gasteiger charge is -2.11. The zero-order chi connectivity index (χ0) is 18.3. The molecule has 0 saturated carbocycles. The van der Waals surface area contributed by atoms with Crippen LogP contribution in [0.5, 0.6) is 0 Å². The second-order valence-electron chi connectivity index (χ2n) is 6.67. The lowest BCUT2D eigenvalue weighted by atomic mass is 10.0. The smallest absolute Gasteiger partial charge is 0.248 e. The van der Waals surface area contributed by atoms with Crippen LogP contribution in [-0.2, 0) is 5.75 Å². The summed E-state index contributed by atoms with van der Waals surface area (Å²) in [5.41, 5.74) is 6.65. The van der Waals surface area contributed by atoms with Gasteiger partial charge in [-0.05, 0) is 55.2 Å². The third-order valence-corrected chi connectivity index (χ3v) is 5.86. The van der Waals surface area contributed by atoms with Crippen LogP contribution in [0.4, 0.5) is 0 Å². The van der Waals surface area contributed by atoms with Gasteiger partial charge in [-0.2, -0.15) is 0 Å². The van der Waals surface area contributed by atoms with Gasteiger partial charge in [-0.25, -0.2) is 4.98 Å². The van der Waals surface area contributed by atoms with Crippen LogP contribution in [0.2, 0.25) is 0 Å². The number of fused-ring (bicyclic) bond motifs is 2. The Hall–Kier alpha value is -2.59. The standard InChI is InChI=1S/C22H20N2OS/c1-13-8-9-17-14(2)10-21(24-22(17)15(13)3)26-12-16-11-20(25)23-19-7-5-4-6-18(16)19/h4-11H,12H2,1-3H3,(H,23,25). The minimum atomic E-state index is -0.0616. The van der Waals surface area contributed by atoms with Crippen molar-refractivity contribution < 1.29 is 0 Å². The molecule has 2 aromatic heterocycles. The van der Waals surface area contributed by atoms with Gasteiger partial charge < -0.3 is 4.98 Å². The molecule has 0 saturated heterocycles. The second kappa shape index (κ2) is 6.61. The Morgan fingerprint density at radius 2 is 1.77 bits per heavy atom. The van der Waals surface area contributed by atoms with Gasteiger partial charge in [0.1, 0.15) is 0 Å². The molecule has 1 N–H and O–H groups in total. The molecule has 130 valence electrons. The van der Waals surface area contributed by atoms with Crippen LogP contribution < -0.4 is 5.56 Å². The summed E-state index contributed by atoms with van der Waals surface area (Å²) in [7, 11) is 0. The summed E-state index contributed by atoms with van der Waals surface area (Å²) in [5, 5.41) is 3.29. The molecule has 0 spiro atoms. The average Bonchev–Trinajstić information content (AvgIpc) is 2.63. The van der Waals surface area contributed by atoms with E-state index in [1.165, 1.54) is 22.1 Å². The molecule has 2 heterocycles. The van der Waals surface area contributed by atoms with Gasteiger partial charge in [0.25, 0.3) is 0 Å². The van der Waals surface area contributed by atoms with Crippen molar-refractivity contribution in [2.24, 2.45) is 0 Å². The number of pyridine rings is 2. The van der Waals surface area contributed by atoms with Gasteiger partial charge in [-0.1, -0.05) is 30.3 Å². The topological polar surface area (TPSA) is 45.8 Å². The Morgan fingerprint density at radius 1 is 0.962 bits per heavy atom. The molecule has 0 radical (unpaired) electrons. The van der Waals surface area contributed by atoms with E-state index in [2.05, 4.69) is 44.0 Å². The largest absolute Gasteiger partial charge is 0.322 e. The third kappa shape index (κ3) is 3.01. The molecule has 4 aromatic rings. The third-order valence-electron chi connectivity index (χ3n) is 4.90. The number of nitrogens with zero attached hydrogens (tertiary/aromatic N) is 1. The number of hydrogen-bond donors (Lipinski definition) is 1. The first-order valence-corrected chi connectivity index (χ1v) is 9.63. The summed E-state index contributed by atoms with van der Waals surface area (Å²) in [6.45, 7) is 6.38. The predicted molar refractivity (Wildman–Crippen MR) is 110 cm³/mol. The molecule has 0 fully saturated rings. The molecule has 4 heteroatoms. The van der Waals surface area contributed by atoms with Crippen LogP contribution in [-0.4, -0.2) is 9.97 Å². The van der Waals surface area contributed by atoms with Crippen molar-refractivity contribution in [1.29, 1.82) is 0 Å². The molecular weight excluding hydrogens is 340 g/mol. The fraction of sp³-hybridized carbons (Fsp3) is 0.182. The number of rotatable bonds is 3. The zero-order valence-electron chi connectivity index (χ0n) is 15.1. The molecule has 0 unspecified atom stereocenters. The van der Waals surface area contributed by atoms with E-state index >= 15 is 0 Å². The average molecular weight is 360 g/mol. The lowest BCUT2D eigenvalue weighted by molar-refractivity contribution is 1.15. The quantitative estimate of drug-likeness (QED) is 0.505. The van der Waals surface area contributed by atoms with Crippen molar-refractivity contribution in [2.45, 2.75) is 31.6 Å². The van der Waals surface area contributed by atoms with Gasteiger partial charge in [0.15, 0.2) is 0 Å². The number of hydrogen-bond acceptors (Lipinski definition) is 3. The van der Waals surface area contributed by atoms with E-state index in [4.69, 9.17) is 4.98 Å². The van der Waals surface area contributed by atoms with Crippen LogP contribution in [0.15, 0.2) is 58.4 Å². The molecule has 0 aliphatic rings. The predicted octanol–water partition coefficient (Wildman–Crippen LogP) is 5.29. The number of H-pyrrole nitrogens is 1. The van der Waals surface area contributed by atoms with E-state index in [1.54, 1.807) is 17.8 Å². The first-order valence-electron chi connectivity index (χ1n) is 8.64. The monoisotopic (exact) mass is 360 g/mol. The van der Waals surface area contributed by atoms with Crippen LogP contribution in [0.1, 0.15) is 22.3 Å². The van der Waals surface area contributed by atoms with E-state index in [0.717, 1.165) is 27.0 Å². The highest BCUT2D eigenvalue weighted by molar-refractivity contribution is 7.98. The van der Waals surface area contributed by atoms with E-state index in [9.17, 15) is 4.79 Å². The normalized spacial score (nSPS) is 11.3. The Labute approximate surface area is 156 Å². The highest BCUT2D eigenvalue weighted by Crippen LogP contribution is 2.30. The molecule has 4 rings (SSSR count). The van der Waals surface area contributed by atoms with Gasteiger partial charge >= 0.3 is 0 Å². The number of aromatic amines is 1. The molecule has 0 amide bonds. The summed E-state index contributed by atoms with van der Waals surface area (Å²) in [6, 6.07) is 16.1. The van der Waals surface area contributed by atoms with Crippen LogP contribution >= 0.6 is 11.8 Å². The van der Waals surface area contributed by atoms with Crippen molar-refractivity contribution in [3.8, 4) is 0 Å². The van der Waals surface area contributed by atoms with Crippen molar-refractivity contribution in [3.05, 3.63) is 81.1 Å². The van der Waals surface area contributed by atoms with Crippen molar-refractivity contribution in [3.63, 3.8) is 0 Å². The SMILES string of the molecule is Cc1ccc2c(C)cc(SCc3cc(=O)[nH]c4ccccc34)nc2c1C. The van der Waals surface area contributed by atoms with E-state index in [1.807, 2.05) is 24.3 Å². The fourth-order valence-electron chi connectivity index (χ4n) is 3.29. The van der Waals surface area contributed by atoms with Crippen LogP contribution in [0.3, 0.4) is 0 Å². The Balaban J connectivity index is 1.73. The van der Waals surface area contributed by atoms with E-state index in [-0.39, 0.29) is 5.56 Å². The van der Waals surface area contributed by atoms with Gasteiger partial charge in [0.05, 0.1) is 10.5 Å². The number of nitrogens with one attached hydrogen (secondary N) is 1. The minimum Gasteiger partial charge on any atom is -0.322 e. The molecule has 3 nitrogen and oxygen atoms in total. The Kier molecular flexibility index (Phi) is 4.29. The van der Waals surface area contributed by atoms with E-state index < -0.39 is 0 Å². The number of thioether (sulfide) groups is 1. The first kappa shape index (κ1) is 16.9. The summed E-state index contributed by atoms with van der Waals surface area (Å²) < 4.78 is 0.